The first-order valence-electron chi connectivity index (χ1n) is 9.66. The summed E-state index contributed by atoms with van der Waals surface area (Å²) < 4.78 is 47.9. The van der Waals surface area contributed by atoms with E-state index in [0.29, 0.717) is 5.69 Å². The van der Waals surface area contributed by atoms with E-state index in [-0.39, 0.29) is 22.0 Å². The molecular formula is C21H28N2O5S2. The number of hydrogen-bond donors (Lipinski definition) is 1. The van der Waals surface area contributed by atoms with E-state index in [4.69, 9.17) is 0 Å². The highest BCUT2D eigenvalue weighted by molar-refractivity contribution is 7.91. The number of carbonyl (C=O) groups is 1. The van der Waals surface area contributed by atoms with Crippen molar-refractivity contribution in [2.24, 2.45) is 0 Å². The first-order chi connectivity index (χ1) is 14.0. The second-order valence-electron chi connectivity index (χ2n) is 7.03. The third-order valence-corrected chi connectivity index (χ3v) is 7.68. The van der Waals surface area contributed by atoms with Crippen LogP contribution in [-0.2, 0) is 24.5 Å². The molecule has 2 rings (SSSR count). The Morgan fingerprint density at radius 3 is 2.00 bits per heavy atom. The fourth-order valence-electron chi connectivity index (χ4n) is 3.03. The molecule has 1 amide bonds. The molecule has 0 saturated heterocycles. The zero-order valence-corrected chi connectivity index (χ0v) is 19.3. The maximum Gasteiger partial charge on any atom is 0.225 e. The summed E-state index contributed by atoms with van der Waals surface area (Å²) in [5.41, 5.74) is 2.60. The number of nitrogens with zero attached hydrogens (tertiary/aromatic N) is 1. The van der Waals surface area contributed by atoms with E-state index < -0.39 is 25.6 Å². The van der Waals surface area contributed by atoms with E-state index in [1.165, 1.54) is 24.3 Å². The topological polar surface area (TPSA) is 101 Å². The Hall–Kier alpha value is -2.39. The molecule has 0 spiro atoms. The van der Waals surface area contributed by atoms with Gasteiger partial charge in [0.25, 0.3) is 0 Å². The molecule has 0 bridgehead atoms. The maximum atomic E-state index is 12.5. The normalized spacial score (nSPS) is 11.9. The van der Waals surface area contributed by atoms with Crippen molar-refractivity contribution < 1.29 is 21.6 Å². The molecule has 2 aromatic rings. The SMILES string of the molecule is CCN(CC)c1ccc(NC(=O)CCS(=O)(=O)c2ccc(S(C)(=O)=O)cc2)c(C)c1. The smallest absolute Gasteiger partial charge is 0.225 e. The lowest BCUT2D eigenvalue weighted by Gasteiger charge is -2.22. The van der Waals surface area contributed by atoms with E-state index in [1.807, 2.05) is 25.1 Å². The summed E-state index contributed by atoms with van der Waals surface area (Å²) in [6, 6.07) is 10.7. The van der Waals surface area contributed by atoms with Gasteiger partial charge in [-0.3, -0.25) is 4.79 Å². The Labute approximate surface area is 178 Å². The third kappa shape index (κ3) is 6.06. The van der Waals surface area contributed by atoms with Gasteiger partial charge >= 0.3 is 0 Å². The second kappa shape index (κ2) is 9.61. The first kappa shape index (κ1) is 23.9. The van der Waals surface area contributed by atoms with Gasteiger partial charge in [0.1, 0.15) is 0 Å². The number of hydrogen-bond acceptors (Lipinski definition) is 6. The van der Waals surface area contributed by atoms with Crippen LogP contribution in [0.4, 0.5) is 11.4 Å². The van der Waals surface area contributed by atoms with Gasteiger partial charge in [0.15, 0.2) is 19.7 Å². The van der Waals surface area contributed by atoms with Gasteiger partial charge in [-0.25, -0.2) is 16.8 Å². The monoisotopic (exact) mass is 452 g/mol. The summed E-state index contributed by atoms with van der Waals surface area (Å²) in [6.45, 7) is 7.80. The Kier molecular flexibility index (Phi) is 7.65. The van der Waals surface area contributed by atoms with Gasteiger partial charge in [0.2, 0.25) is 5.91 Å². The van der Waals surface area contributed by atoms with Crippen LogP contribution < -0.4 is 10.2 Å². The van der Waals surface area contributed by atoms with Crippen LogP contribution in [0, 0.1) is 6.92 Å². The fourth-order valence-corrected chi connectivity index (χ4v) is 4.90. The lowest BCUT2D eigenvalue weighted by molar-refractivity contribution is -0.115. The summed E-state index contributed by atoms with van der Waals surface area (Å²) in [6.07, 6.45) is 0.852. The summed E-state index contributed by atoms with van der Waals surface area (Å²) >= 11 is 0. The van der Waals surface area contributed by atoms with Crippen molar-refractivity contribution in [2.45, 2.75) is 37.0 Å². The number of sulfone groups is 2. The zero-order valence-electron chi connectivity index (χ0n) is 17.7. The summed E-state index contributed by atoms with van der Waals surface area (Å²) in [4.78, 5) is 14.5. The second-order valence-corrected chi connectivity index (χ2v) is 11.2. The summed E-state index contributed by atoms with van der Waals surface area (Å²) in [5, 5.41) is 2.76. The maximum absolute atomic E-state index is 12.5. The fraction of sp³-hybridized carbons (Fsp3) is 0.381. The lowest BCUT2D eigenvalue weighted by atomic mass is 10.1. The Morgan fingerprint density at radius 2 is 1.50 bits per heavy atom. The minimum absolute atomic E-state index is 0.0116. The predicted molar refractivity (Wildman–Crippen MR) is 120 cm³/mol. The van der Waals surface area contributed by atoms with Crippen LogP contribution in [0.3, 0.4) is 0 Å². The summed E-state index contributed by atoms with van der Waals surface area (Å²) in [5.74, 6) is -0.766. The molecule has 30 heavy (non-hydrogen) atoms. The predicted octanol–water partition coefficient (Wildman–Crippen LogP) is 3.05. The average Bonchev–Trinajstić information content (AvgIpc) is 2.69. The van der Waals surface area contributed by atoms with Crippen molar-refractivity contribution in [2.75, 3.05) is 35.3 Å². The van der Waals surface area contributed by atoms with Crippen molar-refractivity contribution in [3.8, 4) is 0 Å². The largest absolute Gasteiger partial charge is 0.372 e. The number of anilines is 2. The number of carbonyl (C=O) groups excluding carboxylic acids is 1. The molecule has 0 atom stereocenters. The number of aryl methyl sites for hydroxylation is 1. The molecule has 0 unspecified atom stereocenters. The molecule has 0 aliphatic heterocycles. The van der Waals surface area contributed by atoms with Crippen molar-refractivity contribution in [3.05, 3.63) is 48.0 Å². The Balaban J connectivity index is 2.03. The van der Waals surface area contributed by atoms with E-state index in [9.17, 15) is 21.6 Å². The third-order valence-electron chi connectivity index (χ3n) is 4.82. The molecule has 1 N–H and O–H groups in total. The molecule has 0 radical (unpaired) electrons. The van der Waals surface area contributed by atoms with E-state index >= 15 is 0 Å². The van der Waals surface area contributed by atoms with Crippen molar-refractivity contribution >= 4 is 37.0 Å². The highest BCUT2D eigenvalue weighted by atomic mass is 32.2. The van der Waals surface area contributed by atoms with Crippen molar-refractivity contribution in [3.63, 3.8) is 0 Å². The first-order valence-corrected chi connectivity index (χ1v) is 13.2. The van der Waals surface area contributed by atoms with Gasteiger partial charge in [0.05, 0.1) is 15.5 Å². The lowest BCUT2D eigenvalue weighted by Crippen LogP contribution is -2.22. The van der Waals surface area contributed by atoms with E-state index in [0.717, 1.165) is 30.6 Å². The van der Waals surface area contributed by atoms with Gasteiger partial charge < -0.3 is 10.2 Å². The standard InChI is InChI=1S/C21H28N2O5S2/c1-5-23(6-2)17-7-12-20(16(3)15-17)22-21(24)13-14-30(27,28)19-10-8-18(9-11-19)29(4,25)26/h7-12,15H,5-6,13-14H2,1-4H3,(H,22,24). The van der Waals surface area contributed by atoms with Gasteiger partial charge in [0, 0.05) is 37.1 Å². The molecule has 7 nitrogen and oxygen atoms in total. The van der Waals surface area contributed by atoms with E-state index in [1.54, 1.807) is 0 Å². The van der Waals surface area contributed by atoms with Crippen LogP contribution in [0.1, 0.15) is 25.8 Å². The van der Waals surface area contributed by atoms with Crippen LogP contribution >= 0.6 is 0 Å². The average molecular weight is 453 g/mol. The van der Waals surface area contributed by atoms with Gasteiger partial charge in [-0.15, -0.1) is 0 Å². The van der Waals surface area contributed by atoms with Crippen molar-refractivity contribution in [1.82, 2.24) is 0 Å². The quantitative estimate of drug-likeness (QED) is 0.628. The Bertz CT molecular complexity index is 1100. The molecule has 0 aromatic heterocycles. The molecule has 0 aliphatic rings. The number of nitrogens with one attached hydrogen (secondary N) is 1. The number of rotatable bonds is 9. The van der Waals surface area contributed by atoms with Crippen LogP contribution in [-0.4, -0.2) is 47.8 Å². The molecule has 0 heterocycles. The van der Waals surface area contributed by atoms with Crippen LogP contribution in [0.2, 0.25) is 0 Å². The van der Waals surface area contributed by atoms with Crippen LogP contribution in [0.15, 0.2) is 52.3 Å². The molecule has 0 fully saturated rings. The molecule has 0 saturated carbocycles. The van der Waals surface area contributed by atoms with Crippen molar-refractivity contribution in [1.29, 1.82) is 0 Å². The highest BCUT2D eigenvalue weighted by Crippen LogP contribution is 2.23. The number of amides is 1. The van der Waals surface area contributed by atoms with Gasteiger partial charge in [-0.05, 0) is 68.8 Å². The minimum atomic E-state index is -3.71. The van der Waals surface area contributed by atoms with Gasteiger partial charge in [-0.1, -0.05) is 0 Å². The molecule has 164 valence electrons. The molecular weight excluding hydrogens is 424 g/mol. The highest BCUT2D eigenvalue weighted by Gasteiger charge is 2.18. The number of benzene rings is 2. The zero-order chi connectivity index (χ0) is 22.5. The molecule has 0 aliphatic carbocycles. The molecule has 2 aromatic carbocycles. The summed E-state index contributed by atoms with van der Waals surface area (Å²) in [7, 11) is -7.11. The van der Waals surface area contributed by atoms with Gasteiger partial charge in [-0.2, -0.15) is 0 Å². The molecule has 9 heteroatoms. The minimum Gasteiger partial charge on any atom is -0.372 e. The van der Waals surface area contributed by atoms with Crippen LogP contribution in [0.5, 0.6) is 0 Å². The Morgan fingerprint density at radius 1 is 0.933 bits per heavy atom. The van der Waals surface area contributed by atoms with Crippen LogP contribution in [0.25, 0.3) is 0 Å². The van der Waals surface area contributed by atoms with E-state index in [2.05, 4.69) is 24.1 Å².